The Balaban J connectivity index is 0. The molecule has 0 aromatic heterocycles. The molecule has 0 nitrogen and oxygen atoms in total. The van der Waals surface area contributed by atoms with Gasteiger partial charge in [-0.15, -0.1) is 0 Å². The van der Waals surface area contributed by atoms with Crippen molar-refractivity contribution in [2.75, 3.05) is 0 Å². The van der Waals surface area contributed by atoms with Gasteiger partial charge in [0.25, 0.3) is 0 Å². The zero-order valence-corrected chi connectivity index (χ0v) is 13.6. The van der Waals surface area contributed by atoms with E-state index in [0.29, 0.717) is 0 Å². The van der Waals surface area contributed by atoms with Crippen LogP contribution in [0.25, 0.3) is 0 Å². The Hall–Kier alpha value is 1.09. The second kappa shape index (κ2) is 21.4. The summed E-state index contributed by atoms with van der Waals surface area (Å²) in [5.74, 6) is 0. The Bertz CT molecular complexity index is 127. The van der Waals surface area contributed by atoms with Gasteiger partial charge in [-0.05, 0) is 25.7 Å². The molecular weight excluding hydrogens is 251 g/mol. The lowest BCUT2D eigenvalue weighted by Gasteiger charge is -1.94. The summed E-state index contributed by atoms with van der Waals surface area (Å²) < 4.78 is 0. The normalized spacial score (nSPS) is 9.75. The van der Waals surface area contributed by atoms with E-state index in [9.17, 15) is 0 Å². The van der Waals surface area contributed by atoms with Crippen LogP contribution >= 0.6 is 18.1 Å². The first-order valence-electron chi connectivity index (χ1n) is 6.39. The monoisotopic (exact) mass is 275 g/mol. The summed E-state index contributed by atoms with van der Waals surface area (Å²) in [5, 5.41) is 0. The maximum absolute atomic E-state index is 4.90. The zero-order chi connectivity index (χ0) is 12.5. The summed E-state index contributed by atoms with van der Waals surface area (Å²) >= 11 is -0.639. The molecule has 0 saturated carbocycles. The van der Waals surface area contributed by atoms with Gasteiger partial charge in [-0.3, -0.25) is 0 Å². The highest BCUT2D eigenvalue weighted by atomic mass is 35.6. The Morgan fingerprint density at radius 2 is 1.44 bits per heavy atom. The van der Waals surface area contributed by atoms with Crippen LogP contribution in [0.2, 0.25) is 0 Å². The second-order valence-electron chi connectivity index (χ2n) is 3.77. The van der Waals surface area contributed by atoms with Crippen LogP contribution in [-0.4, -0.2) is 18.2 Å². The Labute approximate surface area is 119 Å². The van der Waals surface area contributed by atoms with E-state index in [4.69, 9.17) is 18.1 Å². The third kappa shape index (κ3) is 24.4. The van der Waals surface area contributed by atoms with Crippen molar-refractivity contribution in [3.63, 3.8) is 0 Å². The topological polar surface area (TPSA) is 0 Å². The minimum atomic E-state index is -0.639. The predicted octanol–water partition coefficient (Wildman–Crippen LogP) is 5.91. The molecule has 0 aliphatic heterocycles. The van der Waals surface area contributed by atoms with E-state index in [1.807, 2.05) is 0 Å². The number of rotatable bonds is 9. The molecule has 3 heteroatoms. The van der Waals surface area contributed by atoms with E-state index >= 15 is 0 Å². The van der Waals surface area contributed by atoms with Crippen LogP contribution < -0.4 is 0 Å². The molecule has 0 aromatic rings. The molecule has 0 aromatic carbocycles. The molecule has 16 heavy (non-hydrogen) atoms. The van der Waals surface area contributed by atoms with Crippen molar-refractivity contribution < 1.29 is 0 Å². The van der Waals surface area contributed by atoms with Crippen LogP contribution in [0.1, 0.15) is 64.7 Å². The smallest absolute Gasteiger partial charge is 0.309 e. The van der Waals surface area contributed by atoms with Crippen molar-refractivity contribution in [3.8, 4) is 0 Å². The molecule has 0 amide bonds. The second-order valence-corrected chi connectivity index (χ2v) is 6.40. The molecule has 1 radical (unpaired) electrons. The number of hydrogen-bond acceptors (Lipinski definition) is 0. The highest BCUT2D eigenvalue weighted by Gasteiger charge is 1.84. The van der Waals surface area contributed by atoms with Gasteiger partial charge in [0.1, 0.15) is 0 Å². The maximum Gasteiger partial charge on any atom is 0.618 e. The van der Waals surface area contributed by atoms with Crippen LogP contribution in [-0.2, 0) is 0 Å². The van der Waals surface area contributed by atoms with Gasteiger partial charge in [0.2, 0.25) is 0 Å². The van der Waals surface area contributed by atoms with Gasteiger partial charge < -0.3 is 18.1 Å². The number of unbranched alkanes of at least 4 members (excludes halogenated alkanes) is 7. The first kappa shape index (κ1) is 19.4. The van der Waals surface area contributed by atoms with E-state index in [0.717, 1.165) is 6.42 Å². The first-order valence-corrected chi connectivity index (χ1v) is 10.7. The lowest BCUT2D eigenvalue weighted by Crippen LogP contribution is -1.74. The zero-order valence-electron chi connectivity index (χ0n) is 10.7. The number of halogens is 2. The fraction of sp³-hybridized carbons (Fsp3) is 0.769. The van der Waals surface area contributed by atoms with Gasteiger partial charge in [-0.1, -0.05) is 58.1 Å². The molecule has 0 unspecified atom stereocenters. The van der Waals surface area contributed by atoms with Crippen molar-refractivity contribution in [1.29, 1.82) is 0 Å². The molecule has 0 N–H and O–H groups in total. The number of hydrogen-bond donors (Lipinski definition) is 0. The summed E-state index contributed by atoms with van der Waals surface area (Å²) in [4.78, 5) is 0. The highest BCUT2D eigenvalue weighted by Crippen LogP contribution is 2.04. The lowest BCUT2D eigenvalue weighted by atomic mass is 10.1. The number of allylic oxidation sites excluding steroid dienone is 2. The SMILES string of the molecule is [CH2]CCCCC/C=C\CCCCC.[Cl][Mg][Cl]. The quantitative estimate of drug-likeness (QED) is 0.279. The fourth-order valence-corrected chi connectivity index (χ4v) is 1.36. The van der Waals surface area contributed by atoms with Gasteiger partial charge in [0.15, 0.2) is 0 Å². The van der Waals surface area contributed by atoms with Crippen LogP contribution in [0, 0.1) is 6.92 Å². The van der Waals surface area contributed by atoms with Gasteiger partial charge in [-0.2, -0.15) is 0 Å². The van der Waals surface area contributed by atoms with Crippen molar-refractivity contribution >= 4 is 36.3 Å². The van der Waals surface area contributed by atoms with Crippen molar-refractivity contribution in [1.82, 2.24) is 0 Å². The highest BCUT2D eigenvalue weighted by molar-refractivity contribution is 7.22. The standard InChI is InChI=1S/C13H25.2ClH.Mg/c1-3-5-7-9-11-13-12-10-8-6-4-2;;;/h12-13H,1,3-11H2,2H3;2*1H;/q;;;+2/p-2/b13-12-;;;. The molecule has 0 bridgehead atoms. The van der Waals surface area contributed by atoms with Crippen LogP contribution in [0.4, 0.5) is 0 Å². The third-order valence-electron chi connectivity index (χ3n) is 2.26. The summed E-state index contributed by atoms with van der Waals surface area (Å²) in [7, 11) is 9.81. The van der Waals surface area contributed by atoms with Crippen LogP contribution in [0.3, 0.4) is 0 Å². The first-order chi connectivity index (χ1) is 7.83. The minimum Gasteiger partial charge on any atom is -0.309 e. The van der Waals surface area contributed by atoms with Crippen LogP contribution in [0.5, 0.6) is 0 Å². The summed E-state index contributed by atoms with van der Waals surface area (Å²) in [5.41, 5.74) is 0. The Morgan fingerprint density at radius 1 is 0.938 bits per heavy atom. The molecule has 0 atom stereocenters. The van der Waals surface area contributed by atoms with E-state index < -0.39 is 18.2 Å². The van der Waals surface area contributed by atoms with Crippen molar-refractivity contribution in [3.05, 3.63) is 19.1 Å². The molecular formula is C13H25Cl2Mg. The molecule has 0 fully saturated rings. The predicted molar refractivity (Wildman–Crippen MR) is 79.2 cm³/mol. The molecule has 0 saturated heterocycles. The van der Waals surface area contributed by atoms with Crippen LogP contribution in [0.15, 0.2) is 12.2 Å². The van der Waals surface area contributed by atoms with E-state index in [2.05, 4.69) is 26.0 Å². The lowest BCUT2D eigenvalue weighted by molar-refractivity contribution is 0.691. The molecule has 0 heterocycles. The van der Waals surface area contributed by atoms with Gasteiger partial charge in [0, 0.05) is 0 Å². The van der Waals surface area contributed by atoms with Crippen molar-refractivity contribution in [2.24, 2.45) is 0 Å². The van der Waals surface area contributed by atoms with Gasteiger partial charge in [0.05, 0.1) is 0 Å². The molecule has 93 valence electrons. The average Bonchev–Trinajstić information content (AvgIpc) is 2.28. The molecule has 0 aliphatic carbocycles. The Kier molecular flexibility index (Phi) is 26.0. The molecule has 0 aliphatic rings. The van der Waals surface area contributed by atoms with E-state index in [1.165, 1.54) is 51.4 Å². The van der Waals surface area contributed by atoms with E-state index in [1.54, 1.807) is 0 Å². The summed E-state index contributed by atoms with van der Waals surface area (Å²) in [6.45, 7) is 6.09. The fourth-order valence-electron chi connectivity index (χ4n) is 1.36. The average molecular weight is 277 g/mol. The summed E-state index contributed by atoms with van der Waals surface area (Å²) in [6.07, 6.45) is 16.4. The third-order valence-corrected chi connectivity index (χ3v) is 2.26. The minimum absolute atomic E-state index is 0.639. The van der Waals surface area contributed by atoms with Gasteiger partial charge in [-0.25, -0.2) is 0 Å². The van der Waals surface area contributed by atoms with Gasteiger partial charge >= 0.3 is 18.2 Å². The molecule has 0 spiro atoms. The molecule has 0 rings (SSSR count). The Morgan fingerprint density at radius 3 is 1.88 bits per heavy atom. The summed E-state index contributed by atoms with van der Waals surface area (Å²) in [6, 6.07) is 0. The van der Waals surface area contributed by atoms with Crippen molar-refractivity contribution in [2.45, 2.75) is 64.7 Å². The largest absolute Gasteiger partial charge is 0.618 e. The van der Waals surface area contributed by atoms with E-state index in [-0.39, 0.29) is 0 Å². The maximum atomic E-state index is 4.90.